The normalized spacial score (nSPS) is 14.7. The van der Waals surface area contributed by atoms with E-state index in [1.165, 1.54) is 17.5 Å². The molecule has 150 valence electrons. The van der Waals surface area contributed by atoms with E-state index < -0.39 is 5.60 Å². The van der Waals surface area contributed by atoms with Gasteiger partial charge in [0, 0.05) is 31.6 Å². The fourth-order valence-electron chi connectivity index (χ4n) is 2.63. The van der Waals surface area contributed by atoms with E-state index in [-0.39, 0.29) is 12.0 Å². The number of ether oxygens (including phenoxy) is 1. The molecule has 3 heterocycles. The highest BCUT2D eigenvalue weighted by atomic mass is 79.9. The Morgan fingerprint density at radius 2 is 1.96 bits per heavy atom. The summed E-state index contributed by atoms with van der Waals surface area (Å²) in [6.45, 7) is 7.64. The molecule has 0 radical (unpaired) electrons. The van der Waals surface area contributed by atoms with E-state index in [0.717, 1.165) is 0 Å². The number of amides is 2. The van der Waals surface area contributed by atoms with Crippen molar-refractivity contribution < 1.29 is 14.3 Å². The lowest BCUT2D eigenvalue weighted by Gasteiger charge is -2.36. The highest BCUT2D eigenvalue weighted by Gasteiger charge is 2.27. The number of anilines is 2. The van der Waals surface area contributed by atoms with Gasteiger partial charge >= 0.3 is 6.09 Å². The van der Waals surface area contributed by atoms with Gasteiger partial charge < -0.3 is 19.9 Å². The van der Waals surface area contributed by atoms with E-state index in [4.69, 9.17) is 4.74 Å². The zero-order chi connectivity index (χ0) is 20.3. The first-order chi connectivity index (χ1) is 13.2. The second-order valence-corrected chi connectivity index (χ2v) is 9.30. The third kappa shape index (κ3) is 5.16. The first kappa shape index (κ1) is 20.5. The lowest BCUT2D eigenvalue weighted by molar-refractivity contribution is 0.0240. The third-order valence-electron chi connectivity index (χ3n) is 3.89. The molecule has 0 saturated carbocycles. The van der Waals surface area contributed by atoms with Crippen LogP contribution in [0.25, 0.3) is 0 Å². The average Bonchev–Trinajstić information content (AvgIpc) is 3.07. The van der Waals surface area contributed by atoms with Gasteiger partial charge in [0.05, 0.1) is 11.9 Å². The molecule has 3 rings (SSSR count). The second-order valence-electron chi connectivity index (χ2n) is 7.16. The summed E-state index contributed by atoms with van der Waals surface area (Å²) < 4.78 is 6.06. The van der Waals surface area contributed by atoms with Crippen molar-refractivity contribution in [3.8, 4) is 0 Å². The molecule has 0 unspecified atom stereocenters. The summed E-state index contributed by atoms with van der Waals surface area (Å²) in [5.74, 6) is 0.248. The molecule has 1 N–H and O–H groups in total. The zero-order valence-electron chi connectivity index (χ0n) is 15.8. The van der Waals surface area contributed by atoms with E-state index in [2.05, 4.69) is 36.4 Å². The first-order valence-electron chi connectivity index (χ1n) is 8.70. The van der Waals surface area contributed by atoms with Crippen molar-refractivity contribution in [1.82, 2.24) is 20.1 Å². The third-order valence-corrected chi connectivity index (χ3v) is 5.25. The number of aromatic nitrogens is 3. The van der Waals surface area contributed by atoms with Crippen molar-refractivity contribution in [3.63, 3.8) is 0 Å². The van der Waals surface area contributed by atoms with Crippen molar-refractivity contribution in [3.05, 3.63) is 27.3 Å². The molecule has 0 aromatic carbocycles. The van der Waals surface area contributed by atoms with Crippen LogP contribution >= 0.6 is 27.3 Å². The maximum absolute atomic E-state index is 12.4. The van der Waals surface area contributed by atoms with Crippen molar-refractivity contribution >= 4 is 50.8 Å². The molecular weight excluding hydrogens is 448 g/mol. The molecular formula is C17H21BrN6O3S. The monoisotopic (exact) mass is 468 g/mol. The summed E-state index contributed by atoms with van der Waals surface area (Å²) in [6, 6.07) is 1.70. The van der Waals surface area contributed by atoms with Crippen molar-refractivity contribution in [1.29, 1.82) is 0 Å². The smallest absolute Gasteiger partial charge is 0.410 e. The van der Waals surface area contributed by atoms with Crippen LogP contribution in [0, 0.1) is 0 Å². The molecule has 11 heteroatoms. The van der Waals surface area contributed by atoms with Gasteiger partial charge in [-0.25, -0.2) is 9.78 Å². The van der Waals surface area contributed by atoms with Crippen LogP contribution in [0.4, 0.5) is 16.3 Å². The van der Waals surface area contributed by atoms with E-state index in [0.29, 0.717) is 47.3 Å². The van der Waals surface area contributed by atoms with Gasteiger partial charge in [0.1, 0.15) is 11.3 Å². The molecule has 1 saturated heterocycles. The van der Waals surface area contributed by atoms with Gasteiger partial charge in [-0.2, -0.15) is 5.10 Å². The summed E-state index contributed by atoms with van der Waals surface area (Å²) in [5.41, 5.74) is 0.352. The molecule has 9 nitrogen and oxygen atoms in total. The Hall–Kier alpha value is -2.27. The summed E-state index contributed by atoms with van der Waals surface area (Å²) in [5, 5.41) is 12.6. The van der Waals surface area contributed by atoms with Crippen molar-refractivity contribution in [2.75, 3.05) is 36.4 Å². The minimum atomic E-state index is -0.527. The van der Waals surface area contributed by atoms with Gasteiger partial charge in [0.25, 0.3) is 5.91 Å². The Morgan fingerprint density at radius 3 is 2.57 bits per heavy atom. The largest absolute Gasteiger partial charge is 0.444 e. The number of carbonyl (C=O) groups is 2. The molecule has 2 aromatic rings. The van der Waals surface area contributed by atoms with E-state index in [1.807, 2.05) is 25.7 Å². The summed E-state index contributed by atoms with van der Waals surface area (Å²) in [4.78, 5) is 32.4. The Morgan fingerprint density at radius 1 is 1.25 bits per heavy atom. The zero-order valence-corrected chi connectivity index (χ0v) is 18.2. The Bertz CT molecular complexity index is 861. The molecule has 1 fully saturated rings. The Labute approximate surface area is 175 Å². The number of rotatable bonds is 3. The molecule has 0 bridgehead atoms. The number of nitrogens with zero attached hydrogens (tertiary/aromatic N) is 5. The van der Waals surface area contributed by atoms with Gasteiger partial charge in [-0.15, -0.1) is 16.4 Å². The fourth-order valence-corrected chi connectivity index (χ4v) is 3.62. The maximum Gasteiger partial charge on any atom is 0.410 e. The molecule has 0 aliphatic carbocycles. The van der Waals surface area contributed by atoms with Crippen molar-refractivity contribution in [2.24, 2.45) is 0 Å². The van der Waals surface area contributed by atoms with Crippen LogP contribution < -0.4 is 10.2 Å². The van der Waals surface area contributed by atoms with Crippen LogP contribution in [0.3, 0.4) is 0 Å². The van der Waals surface area contributed by atoms with Gasteiger partial charge in [0.2, 0.25) is 0 Å². The van der Waals surface area contributed by atoms with E-state index >= 15 is 0 Å². The van der Waals surface area contributed by atoms with Crippen LogP contribution in [0.2, 0.25) is 0 Å². The average molecular weight is 469 g/mol. The minimum Gasteiger partial charge on any atom is -0.444 e. The number of hydrogen-bond donors (Lipinski definition) is 1. The quantitative estimate of drug-likeness (QED) is 0.738. The number of carbonyl (C=O) groups excluding carboxylic acids is 2. The highest BCUT2D eigenvalue weighted by molar-refractivity contribution is 9.11. The summed E-state index contributed by atoms with van der Waals surface area (Å²) >= 11 is 4.59. The predicted molar refractivity (Wildman–Crippen MR) is 110 cm³/mol. The summed E-state index contributed by atoms with van der Waals surface area (Å²) in [7, 11) is 0. The van der Waals surface area contributed by atoms with Crippen LogP contribution in [0.15, 0.2) is 21.6 Å². The number of piperazine rings is 1. The van der Waals surface area contributed by atoms with Crippen LogP contribution in [0.5, 0.6) is 0 Å². The summed E-state index contributed by atoms with van der Waals surface area (Å²) in [6.07, 6.45) is 1.20. The van der Waals surface area contributed by atoms with Crippen LogP contribution in [0.1, 0.15) is 31.3 Å². The molecule has 28 heavy (non-hydrogen) atoms. The standard InChI is InChI=1S/C17H21BrN6O3S/c1-17(2,3)27-16(26)24-8-6-23(7-9-24)13-11(4-5-19-22-13)20-14(25)12-10-28-15(18)21-12/h4-5,10H,6-9H2,1-3H3,(H,19,20,25). The minimum absolute atomic E-state index is 0.316. The SMILES string of the molecule is CC(C)(C)OC(=O)N1CCN(c2nnccc2NC(=O)c2csc(Br)n2)CC1. The number of halogens is 1. The van der Waals surface area contributed by atoms with Gasteiger partial charge in [-0.3, -0.25) is 4.79 Å². The van der Waals surface area contributed by atoms with Gasteiger partial charge in [0.15, 0.2) is 9.73 Å². The Kier molecular flexibility index (Phi) is 6.14. The molecule has 1 aliphatic rings. The fraction of sp³-hybridized carbons (Fsp3) is 0.471. The topological polar surface area (TPSA) is 101 Å². The molecule has 2 amide bonds. The molecule has 1 aliphatic heterocycles. The highest BCUT2D eigenvalue weighted by Crippen LogP contribution is 2.25. The molecule has 2 aromatic heterocycles. The van der Waals surface area contributed by atoms with Gasteiger partial charge in [-0.1, -0.05) is 0 Å². The van der Waals surface area contributed by atoms with Crippen LogP contribution in [-0.4, -0.2) is 63.9 Å². The number of thiazole rings is 1. The van der Waals surface area contributed by atoms with E-state index in [9.17, 15) is 9.59 Å². The Balaban J connectivity index is 1.65. The molecule has 0 spiro atoms. The maximum atomic E-state index is 12.4. The number of nitrogens with one attached hydrogen (secondary N) is 1. The van der Waals surface area contributed by atoms with Gasteiger partial charge in [-0.05, 0) is 42.8 Å². The lowest BCUT2D eigenvalue weighted by atomic mass is 10.2. The lowest BCUT2D eigenvalue weighted by Crippen LogP contribution is -2.50. The van der Waals surface area contributed by atoms with Crippen molar-refractivity contribution in [2.45, 2.75) is 26.4 Å². The number of hydrogen-bond acceptors (Lipinski definition) is 8. The van der Waals surface area contributed by atoms with Crippen LogP contribution in [-0.2, 0) is 4.74 Å². The predicted octanol–water partition coefficient (Wildman–Crippen LogP) is 3.01. The second kappa shape index (κ2) is 8.39. The first-order valence-corrected chi connectivity index (χ1v) is 10.4. The van der Waals surface area contributed by atoms with E-state index in [1.54, 1.807) is 16.3 Å². The molecule has 0 atom stereocenters.